The average molecular weight is 833 g/mol. The number of para-hydroxylation sites is 3. The number of fused-ring (bicyclic) bond motifs is 16. The van der Waals surface area contributed by atoms with E-state index in [1.807, 2.05) is 30.6 Å². The summed E-state index contributed by atoms with van der Waals surface area (Å²) in [5.41, 5.74) is 8.45. The molecule has 6 nitrogen and oxygen atoms in total. The van der Waals surface area contributed by atoms with E-state index < -0.39 is 0 Å². The zero-order valence-electron chi connectivity index (χ0n) is 26.7. The van der Waals surface area contributed by atoms with E-state index in [9.17, 15) is 0 Å². The molecule has 0 spiro atoms. The standard InChI is InChI=1S/C44H23N5O.Pt/c1-2-8-26(9-3-1)48-37-14-5-4-10-35(37)40-38(48)20-19-33-29-17-15-27(24-36(29)43-46-22-23-47(43)42(33)40)50-28-16-18-30-31-11-6-12-32-34-13-7-21-45-44(34)49(41(31)32)39(30)25-28;/h1-23H;/q-2;+2. The molecule has 7 heteroatoms. The number of aromatic nitrogens is 5. The van der Waals surface area contributed by atoms with Crippen LogP contribution in [-0.2, 0) is 21.1 Å². The molecule has 51 heavy (non-hydrogen) atoms. The van der Waals surface area contributed by atoms with Crippen molar-refractivity contribution in [2.75, 3.05) is 0 Å². The summed E-state index contributed by atoms with van der Waals surface area (Å²) >= 11 is 0. The molecular formula is C44H23N5OPt. The molecule has 0 unspecified atom stereocenters. The molecule has 0 amide bonds. The molecule has 0 saturated carbocycles. The van der Waals surface area contributed by atoms with Gasteiger partial charge in [0.25, 0.3) is 0 Å². The van der Waals surface area contributed by atoms with E-state index in [1.54, 1.807) is 0 Å². The van der Waals surface area contributed by atoms with Crippen molar-refractivity contribution < 1.29 is 25.8 Å². The Kier molecular flexibility index (Phi) is 5.83. The Balaban J connectivity index is 0.00000310. The van der Waals surface area contributed by atoms with Crippen LogP contribution in [-0.4, -0.2) is 23.3 Å². The van der Waals surface area contributed by atoms with Gasteiger partial charge in [0.05, 0.1) is 16.7 Å². The van der Waals surface area contributed by atoms with Crippen LogP contribution < -0.4 is 4.74 Å². The molecule has 0 N–H and O–H groups in total. The van der Waals surface area contributed by atoms with E-state index in [0.717, 1.165) is 66.0 Å². The number of pyridine rings is 2. The monoisotopic (exact) mass is 832 g/mol. The van der Waals surface area contributed by atoms with Crippen molar-refractivity contribution in [2.45, 2.75) is 0 Å². The van der Waals surface area contributed by atoms with Crippen LogP contribution in [0.1, 0.15) is 0 Å². The number of benzene rings is 6. The van der Waals surface area contributed by atoms with Crippen LogP contribution in [0.4, 0.5) is 0 Å². The summed E-state index contributed by atoms with van der Waals surface area (Å²) in [6, 6.07) is 49.7. The fourth-order valence-corrected chi connectivity index (χ4v) is 8.33. The minimum atomic E-state index is 0. The van der Waals surface area contributed by atoms with Crippen LogP contribution in [0.15, 0.2) is 140 Å². The van der Waals surface area contributed by atoms with Crippen molar-refractivity contribution in [1.82, 2.24) is 23.3 Å². The quantitative estimate of drug-likeness (QED) is 0.132. The molecule has 0 bridgehead atoms. The minimum Gasteiger partial charge on any atom is -0.503 e. The van der Waals surface area contributed by atoms with Gasteiger partial charge < -0.3 is 18.1 Å². The zero-order valence-corrected chi connectivity index (χ0v) is 29.0. The van der Waals surface area contributed by atoms with Crippen LogP contribution in [0.5, 0.6) is 11.5 Å². The summed E-state index contributed by atoms with van der Waals surface area (Å²) in [4.78, 5) is 9.62. The Morgan fingerprint density at radius 1 is 0.510 bits per heavy atom. The van der Waals surface area contributed by atoms with Gasteiger partial charge in [0, 0.05) is 68.4 Å². The largest absolute Gasteiger partial charge is 2.00 e. The Morgan fingerprint density at radius 2 is 1.22 bits per heavy atom. The Morgan fingerprint density at radius 3 is 2.12 bits per heavy atom. The van der Waals surface area contributed by atoms with Gasteiger partial charge in [-0.25, -0.2) is 4.98 Å². The van der Waals surface area contributed by atoms with Crippen LogP contribution in [0.3, 0.4) is 0 Å². The summed E-state index contributed by atoms with van der Waals surface area (Å²) in [6.07, 6.45) is 5.76. The van der Waals surface area contributed by atoms with E-state index in [0.29, 0.717) is 11.5 Å². The summed E-state index contributed by atoms with van der Waals surface area (Å²) in [5.74, 6) is 1.23. The third kappa shape index (κ3) is 3.75. The molecule has 0 atom stereocenters. The molecule has 240 valence electrons. The molecule has 0 saturated heterocycles. The van der Waals surface area contributed by atoms with Crippen molar-refractivity contribution in [3.05, 3.63) is 152 Å². The molecule has 12 aromatic rings. The molecule has 6 heterocycles. The summed E-state index contributed by atoms with van der Waals surface area (Å²) in [5, 5.41) is 10.1. The fourth-order valence-electron chi connectivity index (χ4n) is 8.33. The van der Waals surface area contributed by atoms with Crippen LogP contribution in [0.25, 0.3) is 93.0 Å². The van der Waals surface area contributed by atoms with Gasteiger partial charge in [-0.1, -0.05) is 83.0 Å². The maximum atomic E-state index is 6.53. The molecule has 0 aliphatic heterocycles. The first-order valence-electron chi connectivity index (χ1n) is 16.7. The fraction of sp³-hybridized carbons (Fsp3) is 0. The minimum absolute atomic E-state index is 0. The van der Waals surface area contributed by atoms with Gasteiger partial charge in [-0.15, -0.1) is 29.7 Å². The third-order valence-electron chi connectivity index (χ3n) is 10.3. The van der Waals surface area contributed by atoms with E-state index in [2.05, 4.69) is 135 Å². The van der Waals surface area contributed by atoms with Crippen molar-refractivity contribution >= 4 is 87.4 Å². The molecule has 0 aliphatic carbocycles. The molecule has 0 aliphatic rings. The van der Waals surface area contributed by atoms with Crippen LogP contribution >= 0.6 is 0 Å². The molecule has 0 radical (unpaired) electrons. The molecule has 6 aromatic heterocycles. The van der Waals surface area contributed by atoms with Gasteiger partial charge in [-0.05, 0) is 47.2 Å². The molecule has 6 aromatic carbocycles. The Hall–Kier alpha value is -6.23. The predicted molar refractivity (Wildman–Crippen MR) is 201 cm³/mol. The van der Waals surface area contributed by atoms with E-state index in [4.69, 9.17) is 14.7 Å². The van der Waals surface area contributed by atoms with E-state index in [1.165, 1.54) is 27.1 Å². The topological polar surface area (TPSA) is 48.8 Å². The number of nitrogens with zero attached hydrogens (tertiary/aromatic N) is 5. The van der Waals surface area contributed by atoms with Gasteiger partial charge in [0.1, 0.15) is 5.65 Å². The number of ether oxygens (including phenoxy) is 1. The van der Waals surface area contributed by atoms with Gasteiger partial charge in [0.15, 0.2) is 0 Å². The smallest absolute Gasteiger partial charge is 0.503 e. The van der Waals surface area contributed by atoms with Crippen molar-refractivity contribution in [2.24, 2.45) is 0 Å². The van der Waals surface area contributed by atoms with Crippen LogP contribution in [0.2, 0.25) is 0 Å². The second-order valence-electron chi connectivity index (χ2n) is 12.9. The first-order valence-corrected chi connectivity index (χ1v) is 16.7. The van der Waals surface area contributed by atoms with Gasteiger partial charge in [-0.2, -0.15) is 6.07 Å². The molecule has 0 fully saturated rings. The van der Waals surface area contributed by atoms with Crippen molar-refractivity contribution in [1.29, 1.82) is 0 Å². The SMILES string of the molecule is [Pt+2].[c-]1c(Oc2[c-]c3c(cc2)c2cccc4c5cccnc5n3c24)ccc2c1c1nccn1c1c2ccc2c1c1ccccc1n2-c1ccccc1. The van der Waals surface area contributed by atoms with Gasteiger partial charge in [0.2, 0.25) is 0 Å². The predicted octanol–water partition coefficient (Wildman–Crippen LogP) is 10.7. The molecule has 12 rings (SSSR count). The number of imidazole rings is 1. The first-order chi connectivity index (χ1) is 24.8. The van der Waals surface area contributed by atoms with E-state index >= 15 is 0 Å². The second kappa shape index (κ2) is 10.4. The number of hydrogen-bond acceptors (Lipinski definition) is 3. The maximum Gasteiger partial charge on any atom is 2.00 e. The Labute approximate surface area is 304 Å². The van der Waals surface area contributed by atoms with Crippen molar-refractivity contribution in [3.63, 3.8) is 0 Å². The Bertz CT molecular complexity index is 3360. The summed E-state index contributed by atoms with van der Waals surface area (Å²) < 4.78 is 13.3. The third-order valence-corrected chi connectivity index (χ3v) is 10.3. The molecular weight excluding hydrogens is 810 g/mol. The number of hydrogen-bond donors (Lipinski definition) is 0. The summed E-state index contributed by atoms with van der Waals surface area (Å²) in [7, 11) is 0. The number of rotatable bonds is 3. The van der Waals surface area contributed by atoms with E-state index in [-0.39, 0.29) is 21.1 Å². The first kappa shape index (κ1) is 28.6. The van der Waals surface area contributed by atoms with Gasteiger partial charge in [-0.3, -0.25) is 4.98 Å². The zero-order chi connectivity index (χ0) is 32.5. The second-order valence-corrected chi connectivity index (χ2v) is 12.9. The van der Waals surface area contributed by atoms with Crippen LogP contribution in [0, 0.1) is 12.1 Å². The van der Waals surface area contributed by atoms with Crippen molar-refractivity contribution in [3.8, 4) is 17.2 Å². The summed E-state index contributed by atoms with van der Waals surface area (Å²) in [6.45, 7) is 0. The average Bonchev–Trinajstić information content (AvgIpc) is 3.94. The maximum absolute atomic E-state index is 6.53. The van der Waals surface area contributed by atoms with Gasteiger partial charge >= 0.3 is 21.1 Å². The normalized spacial score (nSPS) is 12.2.